The molecule has 2 amide bonds. The van der Waals surface area contributed by atoms with Gasteiger partial charge in [-0.15, -0.1) is 0 Å². The summed E-state index contributed by atoms with van der Waals surface area (Å²) >= 11 is 3.47. The first-order valence-electron chi connectivity index (χ1n) is 10.8. The van der Waals surface area contributed by atoms with Gasteiger partial charge in [-0.1, -0.05) is 85.9 Å². The zero-order valence-corrected chi connectivity index (χ0v) is 19.0. The molecule has 5 heteroatoms. The second kappa shape index (κ2) is 12.3. The standard InChI is InChI=1S/C23H35BrN2O2/c1-25-20-16-12-13-17-21(20)26(2)23(28)19(22(25)27)15-11-9-7-5-3-4-6-8-10-14-18-24/h12-13,16-17,19H,3-11,14-15,18H2,1-2H3. The van der Waals surface area contributed by atoms with E-state index in [1.165, 1.54) is 51.4 Å². The van der Waals surface area contributed by atoms with Crippen LogP contribution in [0, 0.1) is 5.92 Å². The number of unbranched alkanes of at least 4 members (excludes halogenated alkanes) is 9. The maximum absolute atomic E-state index is 12.9. The van der Waals surface area contributed by atoms with Crippen LogP contribution in [0.1, 0.15) is 70.6 Å². The van der Waals surface area contributed by atoms with Crippen molar-refractivity contribution in [3.05, 3.63) is 24.3 Å². The van der Waals surface area contributed by atoms with Gasteiger partial charge in [-0.25, -0.2) is 0 Å². The van der Waals surface area contributed by atoms with E-state index in [0.29, 0.717) is 6.42 Å². The fraction of sp³-hybridized carbons (Fsp3) is 0.652. The van der Waals surface area contributed by atoms with Crippen LogP contribution in [-0.2, 0) is 9.59 Å². The molecule has 1 aromatic rings. The van der Waals surface area contributed by atoms with Gasteiger partial charge in [-0.2, -0.15) is 0 Å². The van der Waals surface area contributed by atoms with Crippen LogP contribution in [0.2, 0.25) is 0 Å². The summed E-state index contributed by atoms with van der Waals surface area (Å²) in [6.45, 7) is 0. The lowest BCUT2D eigenvalue weighted by Gasteiger charge is -2.19. The summed E-state index contributed by atoms with van der Waals surface area (Å²) in [6, 6.07) is 7.62. The molecule has 0 N–H and O–H groups in total. The molecule has 4 nitrogen and oxygen atoms in total. The van der Waals surface area contributed by atoms with E-state index in [-0.39, 0.29) is 11.8 Å². The molecule has 0 fully saturated rings. The second-order valence-corrected chi connectivity index (χ2v) is 8.64. The molecular formula is C23H35BrN2O2. The lowest BCUT2D eigenvalue weighted by molar-refractivity contribution is -0.132. The van der Waals surface area contributed by atoms with Crippen molar-refractivity contribution >= 4 is 39.1 Å². The SMILES string of the molecule is CN1C(=O)C(CCCCCCCCCCCCBr)C(=O)N(C)c2ccccc21. The number of benzene rings is 1. The molecule has 1 aliphatic rings. The van der Waals surface area contributed by atoms with Gasteiger partial charge in [0.25, 0.3) is 0 Å². The maximum Gasteiger partial charge on any atom is 0.239 e. The fourth-order valence-electron chi connectivity index (χ4n) is 3.95. The van der Waals surface area contributed by atoms with E-state index in [1.54, 1.807) is 23.9 Å². The van der Waals surface area contributed by atoms with Gasteiger partial charge in [0, 0.05) is 19.4 Å². The summed E-state index contributed by atoms with van der Waals surface area (Å²) in [5, 5.41) is 1.12. The first-order chi connectivity index (χ1) is 13.6. The van der Waals surface area contributed by atoms with E-state index in [0.717, 1.165) is 29.5 Å². The monoisotopic (exact) mass is 450 g/mol. The summed E-state index contributed by atoms with van der Waals surface area (Å²) in [5.74, 6) is -0.715. The summed E-state index contributed by atoms with van der Waals surface area (Å²) in [6.07, 6.45) is 13.1. The number of amides is 2. The van der Waals surface area contributed by atoms with Crippen LogP contribution in [-0.4, -0.2) is 31.2 Å². The van der Waals surface area contributed by atoms with Crippen molar-refractivity contribution in [3.8, 4) is 0 Å². The molecule has 1 aliphatic heterocycles. The van der Waals surface area contributed by atoms with E-state index >= 15 is 0 Å². The number of rotatable bonds is 12. The number of nitrogens with zero attached hydrogens (tertiary/aromatic N) is 2. The predicted octanol–water partition coefficient (Wildman–Crippen LogP) is 5.93. The van der Waals surface area contributed by atoms with Crippen molar-refractivity contribution in [1.29, 1.82) is 0 Å². The second-order valence-electron chi connectivity index (χ2n) is 7.85. The van der Waals surface area contributed by atoms with Gasteiger partial charge in [0.05, 0.1) is 11.4 Å². The normalized spacial score (nSPS) is 15.1. The minimum atomic E-state index is -0.558. The van der Waals surface area contributed by atoms with Crippen LogP contribution in [0.5, 0.6) is 0 Å². The summed E-state index contributed by atoms with van der Waals surface area (Å²) in [7, 11) is 3.55. The molecule has 0 unspecified atom stereocenters. The van der Waals surface area contributed by atoms with Crippen LogP contribution in [0.15, 0.2) is 24.3 Å². The zero-order valence-electron chi connectivity index (χ0n) is 17.5. The van der Waals surface area contributed by atoms with Gasteiger partial charge in [-0.05, 0) is 25.0 Å². The number of para-hydroxylation sites is 2. The topological polar surface area (TPSA) is 40.6 Å². The van der Waals surface area contributed by atoms with Gasteiger partial charge in [0.2, 0.25) is 11.8 Å². The van der Waals surface area contributed by atoms with Crippen molar-refractivity contribution < 1.29 is 9.59 Å². The highest BCUT2D eigenvalue weighted by molar-refractivity contribution is 9.09. The van der Waals surface area contributed by atoms with E-state index < -0.39 is 5.92 Å². The fourth-order valence-corrected chi connectivity index (χ4v) is 4.34. The lowest BCUT2D eigenvalue weighted by atomic mass is 9.97. The Morgan fingerprint density at radius 3 is 1.54 bits per heavy atom. The Kier molecular flexibility index (Phi) is 10.0. The first kappa shape index (κ1) is 22.9. The minimum Gasteiger partial charge on any atom is -0.313 e. The Balaban J connectivity index is 1.71. The third-order valence-electron chi connectivity index (χ3n) is 5.74. The molecule has 0 aliphatic carbocycles. The highest BCUT2D eigenvalue weighted by Gasteiger charge is 2.36. The molecule has 0 atom stereocenters. The molecule has 0 spiro atoms. The van der Waals surface area contributed by atoms with Crippen LogP contribution < -0.4 is 9.80 Å². The quantitative estimate of drug-likeness (QED) is 0.225. The van der Waals surface area contributed by atoms with Gasteiger partial charge < -0.3 is 9.80 Å². The third kappa shape index (κ3) is 6.33. The van der Waals surface area contributed by atoms with Crippen LogP contribution in [0.25, 0.3) is 0 Å². The lowest BCUT2D eigenvalue weighted by Crippen LogP contribution is -2.39. The Labute approximate surface area is 178 Å². The Bertz CT molecular complexity index is 594. The molecule has 0 saturated carbocycles. The molecule has 156 valence electrons. The number of hydrogen-bond donors (Lipinski definition) is 0. The number of anilines is 2. The van der Waals surface area contributed by atoms with Crippen molar-refractivity contribution in [2.45, 2.75) is 70.6 Å². The van der Waals surface area contributed by atoms with E-state index in [4.69, 9.17) is 0 Å². The highest BCUT2D eigenvalue weighted by Crippen LogP contribution is 2.34. The molecule has 0 bridgehead atoms. The molecule has 0 saturated heterocycles. The smallest absolute Gasteiger partial charge is 0.239 e. The average Bonchev–Trinajstić information content (AvgIpc) is 2.78. The number of carbonyl (C=O) groups is 2. The Morgan fingerprint density at radius 2 is 1.11 bits per heavy atom. The molecule has 0 radical (unpaired) electrons. The van der Waals surface area contributed by atoms with E-state index in [9.17, 15) is 9.59 Å². The molecule has 28 heavy (non-hydrogen) atoms. The third-order valence-corrected chi connectivity index (χ3v) is 6.30. The minimum absolute atomic E-state index is 0.0784. The van der Waals surface area contributed by atoms with Crippen molar-refractivity contribution in [2.75, 3.05) is 29.2 Å². The summed E-state index contributed by atoms with van der Waals surface area (Å²) < 4.78 is 0. The average molecular weight is 451 g/mol. The van der Waals surface area contributed by atoms with E-state index in [2.05, 4.69) is 15.9 Å². The predicted molar refractivity (Wildman–Crippen MR) is 121 cm³/mol. The largest absolute Gasteiger partial charge is 0.313 e. The van der Waals surface area contributed by atoms with Crippen molar-refractivity contribution in [2.24, 2.45) is 5.92 Å². The van der Waals surface area contributed by atoms with Gasteiger partial charge >= 0.3 is 0 Å². The van der Waals surface area contributed by atoms with Crippen molar-refractivity contribution in [3.63, 3.8) is 0 Å². The Morgan fingerprint density at radius 1 is 0.714 bits per heavy atom. The maximum atomic E-state index is 12.9. The van der Waals surface area contributed by atoms with Crippen LogP contribution in [0.4, 0.5) is 11.4 Å². The van der Waals surface area contributed by atoms with Gasteiger partial charge in [0.1, 0.15) is 5.92 Å². The number of alkyl halides is 1. The molecule has 0 aromatic heterocycles. The number of fused-ring (bicyclic) bond motifs is 1. The first-order valence-corrected chi connectivity index (χ1v) is 11.9. The van der Waals surface area contributed by atoms with Crippen LogP contribution in [0.3, 0.4) is 0 Å². The summed E-state index contributed by atoms with van der Waals surface area (Å²) in [4.78, 5) is 29.0. The number of halogens is 1. The highest BCUT2D eigenvalue weighted by atomic mass is 79.9. The summed E-state index contributed by atoms with van der Waals surface area (Å²) in [5.41, 5.74) is 1.61. The molecular weight excluding hydrogens is 416 g/mol. The molecule has 2 rings (SSSR count). The zero-order chi connectivity index (χ0) is 20.4. The number of hydrogen-bond acceptors (Lipinski definition) is 2. The Hall–Kier alpha value is -1.36. The van der Waals surface area contributed by atoms with Gasteiger partial charge in [-0.3, -0.25) is 9.59 Å². The van der Waals surface area contributed by atoms with Gasteiger partial charge in [0.15, 0.2) is 0 Å². The van der Waals surface area contributed by atoms with Crippen molar-refractivity contribution in [1.82, 2.24) is 0 Å². The molecule has 1 heterocycles. The number of carbonyl (C=O) groups excluding carboxylic acids is 2. The van der Waals surface area contributed by atoms with E-state index in [1.807, 2.05) is 24.3 Å². The van der Waals surface area contributed by atoms with Crippen LogP contribution >= 0.6 is 15.9 Å². The molecule has 1 aromatic carbocycles.